The van der Waals surface area contributed by atoms with Crippen molar-refractivity contribution in [2.24, 2.45) is 0 Å². The highest BCUT2D eigenvalue weighted by atomic mass is 16.5. The molecule has 29 heavy (non-hydrogen) atoms. The number of ether oxygens (including phenoxy) is 3. The first-order chi connectivity index (χ1) is 14.1. The van der Waals surface area contributed by atoms with E-state index in [4.69, 9.17) is 19.9 Å². The molecule has 0 bridgehead atoms. The van der Waals surface area contributed by atoms with Crippen molar-refractivity contribution >= 4 is 11.5 Å². The molecule has 0 saturated heterocycles. The van der Waals surface area contributed by atoms with Gasteiger partial charge < -0.3 is 24.8 Å². The van der Waals surface area contributed by atoms with Crippen LogP contribution in [0.3, 0.4) is 0 Å². The molecule has 0 aliphatic heterocycles. The third-order valence-corrected chi connectivity index (χ3v) is 5.28. The van der Waals surface area contributed by atoms with Crippen LogP contribution in [0.15, 0.2) is 24.3 Å². The van der Waals surface area contributed by atoms with Crippen molar-refractivity contribution in [3.8, 4) is 28.4 Å². The number of likely N-dealkylation sites (N-methyl/N-ethyl adjacent to an activating group) is 1. The Balaban J connectivity index is 2.02. The van der Waals surface area contributed by atoms with Crippen molar-refractivity contribution < 1.29 is 19.0 Å². The van der Waals surface area contributed by atoms with Crippen LogP contribution < -0.4 is 19.9 Å². The van der Waals surface area contributed by atoms with Crippen molar-refractivity contribution in [1.29, 1.82) is 0 Å². The van der Waals surface area contributed by atoms with Gasteiger partial charge in [-0.2, -0.15) is 0 Å². The van der Waals surface area contributed by atoms with Crippen LogP contribution in [0.25, 0.3) is 11.1 Å². The summed E-state index contributed by atoms with van der Waals surface area (Å²) in [4.78, 5) is 15.5. The predicted octanol–water partition coefficient (Wildman–Crippen LogP) is 4.00. The first-order valence-corrected chi connectivity index (χ1v) is 10.2. The largest absolute Gasteiger partial charge is 0.496 e. The van der Waals surface area contributed by atoms with E-state index in [9.17, 15) is 4.79 Å². The van der Waals surface area contributed by atoms with Crippen molar-refractivity contribution in [2.45, 2.75) is 27.2 Å². The molecule has 156 valence electrons. The number of anilines is 1. The minimum absolute atomic E-state index is 0.123. The fourth-order valence-electron chi connectivity index (χ4n) is 3.68. The molecule has 0 heterocycles. The maximum absolute atomic E-state index is 13.2. The fraction of sp³-hybridized carbons (Fsp3) is 0.435. The summed E-state index contributed by atoms with van der Waals surface area (Å²) in [5, 5.41) is 0. The zero-order chi connectivity index (χ0) is 21.0. The number of nitrogen functional groups attached to an aromatic ring is 1. The molecule has 3 rings (SSSR count). The number of hydrogen-bond acceptors (Lipinski definition) is 6. The van der Waals surface area contributed by atoms with Gasteiger partial charge in [-0.25, -0.2) is 0 Å². The van der Waals surface area contributed by atoms with Crippen LogP contribution >= 0.6 is 0 Å². The van der Waals surface area contributed by atoms with E-state index in [1.165, 1.54) is 0 Å². The molecule has 0 amide bonds. The van der Waals surface area contributed by atoms with E-state index in [1.54, 1.807) is 19.2 Å². The topological polar surface area (TPSA) is 74.0 Å². The minimum Gasteiger partial charge on any atom is -0.496 e. The van der Waals surface area contributed by atoms with Crippen LogP contribution in [0.4, 0.5) is 5.69 Å². The molecule has 0 aromatic heterocycles. The molecule has 0 radical (unpaired) electrons. The quantitative estimate of drug-likeness (QED) is 0.521. The lowest BCUT2D eigenvalue weighted by Gasteiger charge is -2.19. The summed E-state index contributed by atoms with van der Waals surface area (Å²) in [6.45, 7) is 10.1. The Labute approximate surface area is 172 Å². The van der Waals surface area contributed by atoms with Crippen LogP contribution in [0.2, 0.25) is 0 Å². The molecule has 1 aliphatic rings. The van der Waals surface area contributed by atoms with E-state index in [2.05, 4.69) is 18.7 Å². The molecule has 6 nitrogen and oxygen atoms in total. The molecule has 0 spiro atoms. The molecule has 0 fully saturated rings. The van der Waals surface area contributed by atoms with E-state index in [1.807, 2.05) is 19.1 Å². The summed E-state index contributed by atoms with van der Waals surface area (Å²) in [5.74, 6) is 1.59. The Hall–Kier alpha value is -2.73. The van der Waals surface area contributed by atoms with E-state index < -0.39 is 0 Å². The van der Waals surface area contributed by atoms with E-state index in [-0.39, 0.29) is 5.78 Å². The summed E-state index contributed by atoms with van der Waals surface area (Å²) < 4.78 is 17.5. The van der Waals surface area contributed by atoms with Crippen LogP contribution in [-0.2, 0) is 0 Å². The molecule has 0 atom stereocenters. The number of hydrogen-bond donors (Lipinski definition) is 1. The van der Waals surface area contributed by atoms with Gasteiger partial charge in [0.1, 0.15) is 23.9 Å². The van der Waals surface area contributed by atoms with E-state index >= 15 is 0 Å². The Bertz CT molecular complexity index is 891. The van der Waals surface area contributed by atoms with Gasteiger partial charge in [0.15, 0.2) is 5.78 Å². The summed E-state index contributed by atoms with van der Waals surface area (Å²) in [7, 11) is 1.59. The highest BCUT2D eigenvalue weighted by molar-refractivity contribution is 6.26. The van der Waals surface area contributed by atoms with Crippen LogP contribution in [-0.4, -0.2) is 50.6 Å². The second kappa shape index (κ2) is 9.18. The Morgan fingerprint density at radius 2 is 1.66 bits per heavy atom. The van der Waals surface area contributed by atoms with Gasteiger partial charge in [0.05, 0.1) is 25.0 Å². The average Bonchev–Trinajstić information content (AvgIpc) is 3.05. The molecular weight excluding hydrogens is 368 g/mol. The van der Waals surface area contributed by atoms with Gasteiger partial charge in [-0.3, -0.25) is 4.79 Å². The second-order valence-corrected chi connectivity index (χ2v) is 6.97. The SMILES string of the molecule is CCCOc1cc(OC)c2c(c1N)C(=O)c1cccc(OCCN(CC)CC)c1-2. The third-order valence-electron chi connectivity index (χ3n) is 5.28. The Kier molecular flexibility index (Phi) is 6.64. The number of ketones is 1. The van der Waals surface area contributed by atoms with Gasteiger partial charge in [-0.1, -0.05) is 32.9 Å². The van der Waals surface area contributed by atoms with Crippen LogP contribution in [0.5, 0.6) is 17.2 Å². The maximum Gasteiger partial charge on any atom is 0.196 e. The standard InChI is InChI=1S/C23H30N2O4/c1-5-12-28-18-14-17(27-4)20-19-15(23(26)21(20)22(18)24)9-8-10-16(19)29-13-11-25(6-2)7-3/h8-10,14H,5-7,11-13,24H2,1-4H3. The number of benzene rings is 2. The number of carbonyl (C=O) groups excluding carboxylic acids is 1. The number of rotatable bonds is 10. The third kappa shape index (κ3) is 3.90. The summed E-state index contributed by atoms with van der Waals surface area (Å²) in [5.41, 5.74) is 9.15. The lowest BCUT2D eigenvalue weighted by molar-refractivity contribution is 0.104. The zero-order valence-corrected chi connectivity index (χ0v) is 17.7. The van der Waals surface area contributed by atoms with Crippen molar-refractivity contribution in [1.82, 2.24) is 4.90 Å². The molecule has 2 aromatic carbocycles. The number of nitrogens with zero attached hydrogens (tertiary/aromatic N) is 1. The first-order valence-electron chi connectivity index (χ1n) is 10.2. The van der Waals surface area contributed by atoms with Crippen LogP contribution in [0, 0.1) is 0 Å². The fourth-order valence-corrected chi connectivity index (χ4v) is 3.68. The van der Waals surface area contributed by atoms with Gasteiger partial charge in [0, 0.05) is 29.3 Å². The Morgan fingerprint density at radius 1 is 0.931 bits per heavy atom. The molecule has 0 unspecified atom stereocenters. The van der Waals surface area contributed by atoms with Crippen molar-refractivity contribution in [2.75, 3.05) is 45.7 Å². The molecule has 0 saturated carbocycles. The lowest BCUT2D eigenvalue weighted by Crippen LogP contribution is -2.28. The molecule has 2 aromatic rings. The average molecular weight is 399 g/mol. The molecule has 1 aliphatic carbocycles. The highest BCUT2D eigenvalue weighted by Gasteiger charge is 2.36. The smallest absolute Gasteiger partial charge is 0.196 e. The minimum atomic E-state index is -0.123. The lowest BCUT2D eigenvalue weighted by atomic mass is 10.0. The van der Waals surface area contributed by atoms with Gasteiger partial charge in [-0.15, -0.1) is 0 Å². The summed E-state index contributed by atoms with van der Waals surface area (Å²) >= 11 is 0. The van der Waals surface area contributed by atoms with Crippen molar-refractivity contribution in [3.63, 3.8) is 0 Å². The maximum atomic E-state index is 13.2. The number of carbonyl (C=O) groups is 1. The van der Waals surface area contributed by atoms with E-state index in [0.717, 1.165) is 31.6 Å². The first kappa shape index (κ1) is 21.0. The Morgan fingerprint density at radius 3 is 2.31 bits per heavy atom. The van der Waals surface area contributed by atoms with E-state index in [0.29, 0.717) is 52.8 Å². The van der Waals surface area contributed by atoms with Crippen LogP contribution in [0.1, 0.15) is 43.1 Å². The monoisotopic (exact) mass is 398 g/mol. The second-order valence-electron chi connectivity index (χ2n) is 6.97. The van der Waals surface area contributed by atoms with Gasteiger partial charge in [-0.05, 0) is 25.6 Å². The van der Waals surface area contributed by atoms with Gasteiger partial charge >= 0.3 is 0 Å². The van der Waals surface area contributed by atoms with Gasteiger partial charge in [0.25, 0.3) is 0 Å². The van der Waals surface area contributed by atoms with Gasteiger partial charge in [0.2, 0.25) is 0 Å². The normalized spacial score (nSPS) is 12.1. The molecular formula is C23H30N2O4. The summed E-state index contributed by atoms with van der Waals surface area (Å²) in [6, 6.07) is 7.30. The predicted molar refractivity (Wildman–Crippen MR) is 115 cm³/mol. The zero-order valence-electron chi connectivity index (χ0n) is 17.7. The summed E-state index contributed by atoms with van der Waals surface area (Å²) in [6.07, 6.45) is 0.845. The number of nitrogens with two attached hydrogens (primary N) is 1. The number of methoxy groups -OCH3 is 1. The highest BCUT2D eigenvalue weighted by Crippen LogP contribution is 2.51. The number of fused-ring (bicyclic) bond motifs is 3. The molecule has 6 heteroatoms. The van der Waals surface area contributed by atoms with Crippen molar-refractivity contribution in [3.05, 3.63) is 35.4 Å². The molecule has 2 N–H and O–H groups in total.